The van der Waals surface area contributed by atoms with Gasteiger partial charge in [0.25, 0.3) is 0 Å². The van der Waals surface area contributed by atoms with E-state index in [1.807, 2.05) is 30.5 Å². The Morgan fingerprint density at radius 1 is 1.06 bits per heavy atom. The van der Waals surface area contributed by atoms with E-state index in [2.05, 4.69) is 31.3 Å². The molecule has 5 rings (SSSR count). The zero-order valence-corrected chi connectivity index (χ0v) is 33.2. The monoisotopic (exact) mass is 762 g/mol. The summed E-state index contributed by atoms with van der Waals surface area (Å²) in [6.07, 6.45) is 7.30. The van der Waals surface area contributed by atoms with Gasteiger partial charge in [0.05, 0.1) is 24.9 Å². The van der Waals surface area contributed by atoms with Crippen molar-refractivity contribution in [3.05, 3.63) is 47.0 Å². The Bertz CT molecular complexity index is 1890. The van der Waals surface area contributed by atoms with E-state index in [0.29, 0.717) is 35.6 Å². The summed E-state index contributed by atoms with van der Waals surface area (Å²) in [4.78, 5) is 62.5. The maximum Gasteiger partial charge on any atom is 0.408 e. The van der Waals surface area contributed by atoms with Crippen molar-refractivity contribution in [3.8, 4) is 22.2 Å². The molecule has 2 aromatic heterocycles. The summed E-state index contributed by atoms with van der Waals surface area (Å²) in [6.45, 7) is 11.4. The number of aromatic nitrogens is 2. The maximum absolute atomic E-state index is 14.2. The van der Waals surface area contributed by atoms with Gasteiger partial charge in [-0.05, 0) is 77.3 Å². The van der Waals surface area contributed by atoms with E-state index in [-0.39, 0.29) is 36.6 Å². The number of fused-ring (bicyclic) bond motifs is 1. The number of pyridine rings is 1. The van der Waals surface area contributed by atoms with Crippen LogP contribution in [-0.2, 0) is 19.1 Å². The molecule has 1 aliphatic heterocycles. The fraction of sp³-hybridized carbons (Fsp3) is 0.550. The molecule has 2 aliphatic rings. The van der Waals surface area contributed by atoms with Gasteiger partial charge in [0.1, 0.15) is 46.0 Å². The zero-order chi connectivity index (χ0) is 39.3. The Balaban J connectivity index is 1.33. The van der Waals surface area contributed by atoms with Gasteiger partial charge >= 0.3 is 6.09 Å². The first-order valence-corrected chi connectivity index (χ1v) is 19.6. The average molecular weight is 763 g/mol. The van der Waals surface area contributed by atoms with Crippen molar-refractivity contribution in [2.24, 2.45) is 23.3 Å². The second-order valence-corrected chi connectivity index (χ2v) is 16.4. The molecule has 0 spiro atoms. The Morgan fingerprint density at radius 3 is 2.44 bits per heavy atom. The summed E-state index contributed by atoms with van der Waals surface area (Å²) in [5, 5.41) is 6.29. The zero-order valence-electron chi connectivity index (χ0n) is 32.3. The van der Waals surface area contributed by atoms with Crippen LogP contribution >= 0.6 is 11.3 Å². The summed E-state index contributed by atoms with van der Waals surface area (Å²) in [5.74, 6) is 0.318. The van der Waals surface area contributed by atoms with E-state index in [1.165, 1.54) is 16.2 Å². The first-order chi connectivity index (χ1) is 25.6. The van der Waals surface area contributed by atoms with Crippen molar-refractivity contribution in [1.29, 1.82) is 0 Å². The number of unbranched alkanes of at least 4 members (excludes halogenated alkanes) is 3. The number of rotatable bonds is 16. The molecule has 292 valence electrons. The lowest BCUT2D eigenvalue weighted by molar-refractivity contribution is -0.139. The van der Waals surface area contributed by atoms with Crippen molar-refractivity contribution in [2.45, 2.75) is 116 Å². The van der Waals surface area contributed by atoms with Crippen LogP contribution in [0.3, 0.4) is 0 Å². The number of nitrogens with one attached hydrogen (secondary N) is 1. The molecule has 1 saturated heterocycles. The summed E-state index contributed by atoms with van der Waals surface area (Å²) >= 11 is 1.50. The third-order valence-electron chi connectivity index (χ3n) is 9.81. The fourth-order valence-corrected chi connectivity index (χ4v) is 7.71. The summed E-state index contributed by atoms with van der Waals surface area (Å²) in [7, 11) is 1.61. The van der Waals surface area contributed by atoms with Crippen molar-refractivity contribution in [2.75, 3.05) is 13.7 Å². The van der Waals surface area contributed by atoms with Crippen LogP contribution in [0.4, 0.5) is 4.79 Å². The Morgan fingerprint density at radius 2 is 1.81 bits per heavy atom. The van der Waals surface area contributed by atoms with Crippen LogP contribution in [0.1, 0.15) is 96.7 Å². The Kier molecular flexibility index (Phi) is 12.9. The smallest absolute Gasteiger partial charge is 0.408 e. The fourth-order valence-electron chi connectivity index (χ4n) is 6.77. The van der Waals surface area contributed by atoms with Crippen LogP contribution in [0.5, 0.6) is 11.5 Å². The molecule has 3 aromatic rings. The van der Waals surface area contributed by atoms with Crippen LogP contribution in [0.2, 0.25) is 0 Å². The number of aryl methyl sites for hydroxylation is 1. The summed E-state index contributed by atoms with van der Waals surface area (Å²) in [6, 6.07) is 3.72. The number of allylic oxidation sites excluding steroid dienone is 2. The largest absolute Gasteiger partial charge is 0.496 e. The number of thiazole rings is 1. The van der Waals surface area contributed by atoms with Gasteiger partial charge in [-0.2, -0.15) is 0 Å². The topological polar surface area (TPSA) is 189 Å². The van der Waals surface area contributed by atoms with E-state index in [0.717, 1.165) is 47.3 Å². The number of alkyl carbamates (subject to hydrolysis) is 1. The van der Waals surface area contributed by atoms with Gasteiger partial charge < -0.3 is 35.9 Å². The lowest BCUT2D eigenvalue weighted by atomic mass is 10.0. The van der Waals surface area contributed by atoms with Crippen LogP contribution in [0, 0.1) is 18.8 Å². The molecule has 0 unspecified atom stereocenters. The number of carbonyl (C=O) groups is 4. The van der Waals surface area contributed by atoms with Gasteiger partial charge in [-0.1, -0.05) is 38.8 Å². The van der Waals surface area contributed by atoms with E-state index >= 15 is 0 Å². The number of hydrogen-bond acceptors (Lipinski definition) is 10. The molecule has 2 fully saturated rings. The van der Waals surface area contributed by atoms with Gasteiger partial charge in [0.15, 0.2) is 0 Å². The van der Waals surface area contributed by atoms with Crippen molar-refractivity contribution >= 4 is 46.1 Å². The molecule has 1 saturated carbocycles. The third-order valence-corrected chi connectivity index (χ3v) is 10.7. The molecule has 5 atom stereocenters. The first kappa shape index (κ1) is 40.5. The van der Waals surface area contributed by atoms with Crippen LogP contribution in [0.25, 0.3) is 21.6 Å². The molecular weight excluding hydrogens is 709 g/mol. The van der Waals surface area contributed by atoms with Crippen LogP contribution in [0.15, 0.2) is 35.7 Å². The number of nitrogens with two attached hydrogens (primary N) is 2. The number of carbonyl (C=O) groups excluding carboxylic acids is 4. The van der Waals surface area contributed by atoms with Crippen LogP contribution < -0.4 is 26.3 Å². The number of ether oxygens (including phenoxy) is 3. The molecule has 14 heteroatoms. The molecule has 4 amide bonds. The van der Waals surface area contributed by atoms with Crippen molar-refractivity contribution in [3.63, 3.8) is 0 Å². The normalized spacial score (nSPS) is 20.3. The average Bonchev–Trinajstić information content (AvgIpc) is 3.48. The minimum atomic E-state index is -0.942. The number of likely N-dealkylation sites (tertiary alicyclic amines) is 1. The van der Waals surface area contributed by atoms with Gasteiger partial charge in [0.2, 0.25) is 17.7 Å². The number of hydrogen-bond donors (Lipinski definition) is 3. The lowest BCUT2D eigenvalue weighted by Gasteiger charge is -2.28. The van der Waals surface area contributed by atoms with Crippen molar-refractivity contribution in [1.82, 2.24) is 20.2 Å². The molecule has 13 nitrogen and oxygen atoms in total. The highest BCUT2D eigenvalue weighted by molar-refractivity contribution is 7.13. The summed E-state index contributed by atoms with van der Waals surface area (Å²) in [5.41, 5.74) is 13.6. The lowest BCUT2D eigenvalue weighted by Crippen LogP contribution is -2.53. The van der Waals surface area contributed by atoms with E-state index in [9.17, 15) is 19.2 Å². The number of primary amides is 2. The maximum atomic E-state index is 14.2. The highest BCUT2D eigenvalue weighted by Crippen LogP contribution is 2.40. The summed E-state index contributed by atoms with van der Waals surface area (Å²) < 4.78 is 17.7. The second-order valence-electron chi connectivity index (χ2n) is 15.6. The Hall–Kier alpha value is -4.72. The predicted octanol–water partition coefficient (Wildman–Crippen LogP) is 6.15. The number of benzene rings is 1. The van der Waals surface area contributed by atoms with E-state index in [1.54, 1.807) is 27.9 Å². The molecular formula is C40H54N6O7S. The number of methoxy groups -OCH3 is 1. The van der Waals surface area contributed by atoms with Gasteiger partial charge in [-0.15, -0.1) is 11.3 Å². The van der Waals surface area contributed by atoms with Crippen LogP contribution in [-0.4, -0.2) is 76.1 Å². The number of nitrogens with zero attached hydrogens (tertiary/aromatic N) is 3. The molecule has 0 radical (unpaired) electrons. The second kappa shape index (κ2) is 17.2. The quantitative estimate of drug-likeness (QED) is 0.114. The highest BCUT2D eigenvalue weighted by Gasteiger charge is 2.43. The molecule has 1 aromatic carbocycles. The minimum absolute atomic E-state index is 0.0526. The van der Waals surface area contributed by atoms with E-state index < -0.39 is 41.7 Å². The third kappa shape index (κ3) is 10.1. The standard InChI is InChI=1S/C40H54N6O7S/c1-22(2)30-21-54-37(44-30)29-19-33(26-15-16-32(51-7)23(3)34(26)43-29)52-25-18-31(36(42)48)46(20-25)38(49)28(45-39(50)53-40(4,5)6)14-12-10-8-9-11-13-24-17-27(24)35(41)47/h11,13,15-16,19,21-22,24-25,27-28,31H,8-10,12,14,17-18,20H2,1-7H3,(H2,41,47)(H2,42,48)(H,45,50)/b13-11-/t24-,25-,27+,28+,31+/m1/s1. The minimum Gasteiger partial charge on any atom is -0.496 e. The SMILES string of the molecule is COc1ccc2c(O[C@@H]3C[C@@H](C(N)=O)N(C(=O)[C@H](CCCCC/C=C\[C@@H]4C[C@@H]4C(N)=O)NC(=O)OC(C)(C)C)C3)cc(-c3nc(C(C)C)cs3)nc2c1C. The van der Waals surface area contributed by atoms with Gasteiger partial charge in [0, 0.05) is 34.7 Å². The Labute approximate surface area is 321 Å². The first-order valence-electron chi connectivity index (χ1n) is 18.7. The van der Waals surface area contributed by atoms with E-state index in [4.69, 9.17) is 35.6 Å². The number of amides is 4. The highest BCUT2D eigenvalue weighted by atomic mass is 32.1. The molecule has 1 aliphatic carbocycles. The van der Waals surface area contributed by atoms with Gasteiger partial charge in [-0.25, -0.2) is 14.8 Å². The molecule has 5 N–H and O–H groups in total. The molecule has 54 heavy (non-hydrogen) atoms. The predicted molar refractivity (Wildman–Crippen MR) is 208 cm³/mol. The van der Waals surface area contributed by atoms with Crippen molar-refractivity contribution < 1.29 is 33.4 Å². The molecule has 0 bridgehead atoms. The molecule has 3 heterocycles. The van der Waals surface area contributed by atoms with Gasteiger partial charge in [-0.3, -0.25) is 14.4 Å².